The molecule has 106 valence electrons. The lowest BCUT2D eigenvalue weighted by atomic mass is 10.1. The zero-order chi connectivity index (χ0) is 14.0. The Hall–Kier alpha value is -0.980. The Morgan fingerprint density at radius 1 is 1.47 bits per heavy atom. The van der Waals surface area contributed by atoms with Crippen LogP contribution in [-0.2, 0) is 9.47 Å². The van der Waals surface area contributed by atoms with E-state index in [2.05, 4.69) is 0 Å². The first-order valence-electron chi connectivity index (χ1n) is 5.55. The lowest BCUT2D eigenvalue weighted by Gasteiger charge is -2.21. The van der Waals surface area contributed by atoms with Gasteiger partial charge in [-0.25, -0.2) is 0 Å². The second kappa shape index (κ2) is 5.56. The Kier molecular flexibility index (Phi) is 4.23. The lowest BCUT2D eigenvalue weighted by Crippen LogP contribution is -2.25. The molecule has 0 N–H and O–H groups in total. The smallest absolute Gasteiger partial charge is 0.418 e. The molecule has 1 aliphatic rings. The minimum atomic E-state index is -4.51. The predicted molar refractivity (Wildman–Crippen MR) is 62.5 cm³/mol. The van der Waals surface area contributed by atoms with E-state index in [0.717, 1.165) is 0 Å². The minimum Gasteiger partial charge on any atom is -0.495 e. The van der Waals surface area contributed by atoms with E-state index in [1.807, 2.05) is 0 Å². The van der Waals surface area contributed by atoms with Crippen molar-refractivity contribution in [3.63, 3.8) is 0 Å². The van der Waals surface area contributed by atoms with Gasteiger partial charge in [-0.3, -0.25) is 0 Å². The van der Waals surface area contributed by atoms with Crippen molar-refractivity contribution < 1.29 is 27.4 Å². The van der Waals surface area contributed by atoms with Crippen LogP contribution in [0, 0.1) is 0 Å². The van der Waals surface area contributed by atoms with E-state index in [4.69, 9.17) is 25.8 Å². The fourth-order valence-corrected chi connectivity index (χ4v) is 1.86. The van der Waals surface area contributed by atoms with Crippen LogP contribution in [0.5, 0.6) is 5.75 Å². The zero-order valence-electron chi connectivity index (χ0n) is 10.0. The monoisotopic (exact) mass is 296 g/mol. The van der Waals surface area contributed by atoms with Crippen LogP contribution >= 0.6 is 11.6 Å². The number of epoxide rings is 1. The third-order valence-corrected chi connectivity index (χ3v) is 2.92. The molecule has 1 aliphatic heterocycles. The Bertz CT molecular complexity index is 446. The molecule has 2 atom stereocenters. The maximum absolute atomic E-state index is 13.0. The van der Waals surface area contributed by atoms with Crippen LogP contribution in [0.4, 0.5) is 13.2 Å². The standard InChI is InChI=1S/C12H12ClF3O3/c1-17-10-3-2-7(4-9(10)13)11(12(14,15)16)19-6-8-5-18-8/h2-4,8,11H,5-6H2,1H3/t8-,11+/m1/s1. The maximum atomic E-state index is 13.0. The molecule has 1 heterocycles. The van der Waals surface area contributed by atoms with Gasteiger partial charge in [0.1, 0.15) is 11.9 Å². The van der Waals surface area contributed by atoms with E-state index in [0.29, 0.717) is 12.4 Å². The molecule has 0 aliphatic carbocycles. The highest BCUT2D eigenvalue weighted by Crippen LogP contribution is 2.38. The van der Waals surface area contributed by atoms with Gasteiger partial charge in [0.2, 0.25) is 0 Å². The SMILES string of the molecule is COc1ccc([C@H](OC[C@H]2CO2)C(F)(F)F)cc1Cl. The number of benzene rings is 1. The van der Waals surface area contributed by atoms with E-state index in [1.54, 1.807) is 0 Å². The van der Waals surface area contributed by atoms with Crippen LogP contribution in [0.2, 0.25) is 5.02 Å². The first-order valence-corrected chi connectivity index (χ1v) is 5.93. The predicted octanol–water partition coefficient (Wildman–Crippen LogP) is 3.37. The average Bonchev–Trinajstić information content (AvgIpc) is 3.12. The molecular weight excluding hydrogens is 285 g/mol. The average molecular weight is 297 g/mol. The third kappa shape index (κ3) is 3.75. The Balaban J connectivity index is 2.18. The number of rotatable bonds is 5. The van der Waals surface area contributed by atoms with Gasteiger partial charge in [-0.1, -0.05) is 17.7 Å². The molecule has 0 unspecified atom stereocenters. The first kappa shape index (κ1) is 14.4. The number of ether oxygens (including phenoxy) is 3. The van der Waals surface area contributed by atoms with Crippen LogP contribution in [-0.4, -0.2) is 32.6 Å². The molecule has 1 aromatic rings. The highest BCUT2D eigenvalue weighted by Gasteiger charge is 2.43. The molecule has 0 amide bonds. The number of hydrogen-bond acceptors (Lipinski definition) is 3. The number of hydrogen-bond donors (Lipinski definition) is 0. The van der Waals surface area contributed by atoms with Gasteiger partial charge in [0, 0.05) is 0 Å². The molecular formula is C12H12ClF3O3. The third-order valence-electron chi connectivity index (χ3n) is 2.63. The summed E-state index contributed by atoms with van der Waals surface area (Å²) in [5, 5.41) is 0.112. The summed E-state index contributed by atoms with van der Waals surface area (Å²) in [5.74, 6) is 0.317. The lowest BCUT2D eigenvalue weighted by molar-refractivity contribution is -0.224. The molecule has 1 fully saturated rings. The molecule has 2 rings (SSSR count). The molecule has 3 nitrogen and oxygen atoms in total. The summed E-state index contributed by atoms with van der Waals surface area (Å²) in [5.41, 5.74) is -0.0565. The van der Waals surface area contributed by atoms with Crippen molar-refractivity contribution in [3.05, 3.63) is 28.8 Å². The van der Waals surface area contributed by atoms with Crippen molar-refractivity contribution in [3.8, 4) is 5.75 Å². The fraction of sp³-hybridized carbons (Fsp3) is 0.500. The minimum absolute atomic E-state index is 0.0565. The van der Waals surface area contributed by atoms with E-state index in [-0.39, 0.29) is 23.3 Å². The molecule has 0 saturated carbocycles. The molecule has 0 spiro atoms. The zero-order valence-corrected chi connectivity index (χ0v) is 10.8. The second-order valence-corrected chi connectivity index (χ2v) is 4.51. The van der Waals surface area contributed by atoms with Gasteiger partial charge in [0.05, 0.1) is 25.3 Å². The fourth-order valence-electron chi connectivity index (χ4n) is 1.59. The van der Waals surface area contributed by atoms with E-state index in [9.17, 15) is 13.2 Å². The highest BCUT2D eigenvalue weighted by molar-refractivity contribution is 6.32. The van der Waals surface area contributed by atoms with Gasteiger partial charge in [0.25, 0.3) is 0 Å². The number of halogens is 4. The molecule has 0 aromatic heterocycles. The Morgan fingerprint density at radius 3 is 2.63 bits per heavy atom. The summed E-state index contributed by atoms with van der Waals surface area (Å²) in [4.78, 5) is 0. The van der Waals surface area contributed by atoms with Gasteiger partial charge >= 0.3 is 6.18 Å². The van der Waals surface area contributed by atoms with Gasteiger partial charge in [0.15, 0.2) is 6.10 Å². The summed E-state index contributed by atoms with van der Waals surface area (Å²) in [6.07, 6.45) is -6.76. The van der Waals surface area contributed by atoms with Crippen LogP contribution in [0.3, 0.4) is 0 Å². The van der Waals surface area contributed by atoms with E-state index >= 15 is 0 Å². The van der Waals surface area contributed by atoms with Crippen molar-refractivity contribution in [2.75, 3.05) is 20.3 Å². The topological polar surface area (TPSA) is 31.0 Å². The van der Waals surface area contributed by atoms with Crippen molar-refractivity contribution in [1.82, 2.24) is 0 Å². The van der Waals surface area contributed by atoms with E-state index < -0.39 is 12.3 Å². The summed E-state index contributed by atoms with van der Waals surface area (Å²) >= 11 is 5.83. The van der Waals surface area contributed by atoms with Crippen molar-refractivity contribution in [2.45, 2.75) is 18.4 Å². The molecule has 0 radical (unpaired) electrons. The number of methoxy groups -OCH3 is 1. The van der Waals surface area contributed by atoms with Crippen LogP contribution in [0.15, 0.2) is 18.2 Å². The van der Waals surface area contributed by atoms with Gasteiger partial charge < -0.3 is 14.2 Å². The molecule has 0 bridgehead atoms. The normalized spacial score (nSPS) is 20.2. The summed E-state index contributed by atoms with van der Waals surface area (Å²) in [7, 11) is 1.39. The molecule has 1 aromatic carbocycles. The summed E-state index contributed by atoms with van der Waals surface area (Å²) in [6.45, 7) is 0.349. The Morgan fingerprint density at radius 2 is 2.16 bits per heavy atom. The number of alkyl halides is 3. The first-order chi connectivity index (χ1) is 8.91. The van der Waals surface area contributed by atoms with E-state index in [1.165, 1.54) is 25.3 Å². The van der Waals surface area contributed by atoms with Crippen LogP contribution in [0.1, 0.15) is 11.7 Å². The highest BCUT2D eigenvalue weighted by atomic mass is 35.5. The van der Waals surface area contributed by atoms with Crippen molar-refractivity contribution >= 4 is 11.6 Å². The summed E-state index contributed by atoms with van der Waals surface area (Å²) < 4.78 is 53.5. The largest absolute Gasteiger partial charge is 0.495 e. The van der Waals surface area contributed by atoms with Crippen LogP contribution in [0.25, 0.3) is 0 Å². The van der Waals surface area contributed by atoms with Crippen molar-refractivity contribution in [2.24, 2.45) is 0 Å². The summed E-state index contributed by atoms with van der Waals surface area (Å²) in [6, 6.07) is 3.87. The van der Waals surface area contributed by atoms with Gasteiger partial charge in [-0.15, -0.1) is 0 Å². The molecule has 19 heavy (non-hydrogen) atoms. The maximum Gasteiger partial charge on any atom is 0.418 e. The second-order valence-electron chi connectivity index (χ2n) is 4.10. The van der Waals surface area contributed by atoms with Crippen LogP contribution < -0.4 is 4.74 Å². The van der Waals surface area contributed by atoms with Crippen molar-refractivity contribution in [1.29, 1.82) is 0 Å². The Labute approximate surface area is 113 Å². The van der Waals surface area contributed by atoms with Gasteiger partial charge in [-0.05, 0) is 17.7 Å². The molecule has 1 saturated heterocycles. The molecule has 7 heteroatoms. The quantitative estimate of drug-likeness (QED) is 0.781. The van der Waals surface area contributed by atoms with Gasteiger partial charge in [-0.2, -0.15) is 13.2 Å².